The molecule has 3 aromatic rings. The normalized spacial score (nSPS) is 11.7. The van der Waals surface area contributed by atoms with Crippen molar-refractivity contribution in [2.75, 3.05) is 0 Å². The van der Waals surface area contributed by atoms with E-state index >= 15 is 0 Å². The second-order valence-corrected chi connectivity index (χ2v) is 6.81. The van der Waals surface area contributed by atoms with E-state index in [0.29, 0.717) is 12.1 Å². The number of aromatic nitrogens is 3. The third kappa shape index (κ3) is 3.40. The van der Waals surface area contributed by atoms with Gasteiger partial charge in [0.2, 0.25) is 0 Å². The SMILES string of the molecule is CCn1ncc2c(C(=O)NC(C)(C)CC)cc(-c3ccccc3)nc21. The largest absolute Gasteiger partial charge is 0.347 e. The first-order chi connectivity index (χ1) is 11.9. The molecular formula is C20H24N4O. The summed E-state index contributed by atoms with van der Waals surface area (Å²) in [6.07, 6.45) is 2.58. The molecule has 1 aromatic carbocycles. The quantitative estimate of drug-likeness (QED) is 0.765. The summed E-state index contributed by atoms with van der Waals surface area (Å²) in [5.41, 5.74) is 2.86. The van der Waals surface area contributed by atoms with E-state index in [0.717, 1.165) is 28.7 Å². The van der Waals surface area contributed by atoms with E-state index in [1.165, 1.54) is 0 Å². The zero-order valence-electron chi connectivity index (χ0n) is 15.2. The van der Waals surface area contributed by atoms with Crippen molar-refractivity contribution < 1.29 is 4.79 Å². The molecule has 0 aliphatic carbocycles. The molecule has 3 rings (SSSR count). The van der Waals surface area contributed by atoms with Crippen LogP contribution in [0.15, 0.2) is 42.6 Å². The molecule has 2 aromatic heterocycles. The Bertz CT molecular complexity index is 897. The van der Waals surface area contributed by atoms with Crippen molar-refractivity contribution in [3.63, 3.8) is 0 Å². The third-order valence-corrected chi connectivity index (χ3v) is 4.56. The lowest BCUT2D eigenvalue weighted by molar-refractivity contribution is 0.0913. The Kier molecular flexibility index (Phi) is 4.57. The van der Waals surface area contributed by atoms with E-state index in [-0.39, 0.29) is 11.4 Å². The molecule has 0 saturated carbocycles. The van der Waals surface area contributed by atoms with Crippen molar-refractivity contribution in [1.82, 2.24) is 20.1 Å². The summed E-state index contributed by atoms with van der Waals surface area (Å²) in [7, 11) is 0. The molecule has 1 N–H and O–H groups in total. The van der Waals surface area contributed by atoms with Crippen molar-refractivity contribution in [2.24, 2.45) is 0 Å². The lowest BCUT2D eigenvalue weighted by atomic mass is 10.0. The summed E-state index contributed by atoms with van der Waals surface area (Å²) in [5, 5.41) is 8.28. The highest BCUT2D eigenvalue weighted by atomic mass is 16.1. The van der Waals surface area contributed by atoms with Gasteiger partial charge in [-0.3, -0.25) is 4.79 Å². The molecule has 0 radical (unpaired) electrons. The highest BCUT2D eigenvalue weighted by molar-refractivity contribution is 6.06. The van der Waals surface area contributed by atoms with E-state index in [2.05, 4.69) is 17.3 Å². The molecule has 130 valence electrons. The van der Waals surface area contributed by atoms with Crippen LogP contribution in [0.5, 0.6) is 0 Å². The monoisotopic (exact) mass is 336 g/mol. The lowest BCUT2D eigenvalue weighted by Crippen LogP contribution is -2.42. The number of benzene rings is 1. The summed E-state index contributed by atoms with van der Waals surface area (Å²) in [6.45, 7) is 8.83. The standard InChI is InChI=1S/C20H24N4O/c1-5-20(3,4)23-19(25)15-12-17(14-10-8-7-9-11-14)22-18-16(15)13-21-24(18)6-2/h7-13H,5-6H2,1-4H3,(H,23,25). The average Bonchev–Trinajstić information content (AvgIpc) is 3.04. The van der Waals surface area contributed by atoms with E-state index in [4.69, 9.17) is 4.98 Å². The maximum absolute atomic E-state index is 12.9. The van der Waals surface area contributed by atoms with Crippen molar-refractivity contribution in [3.8, 4) is 11.3 Å². The highest BCUT2D eigenvalue weighted by Gasteiger charge is 2.22. The first-order valence-corrected chi connectivity index (χ1v) is 8.69. The molecule has 2 heterocycles. The summed E-state index contributed by atoms with van der Waals surface area (Å²) in [5.74, 6) is -0.0907. The molecular weight excluding hydrogens is 312 g/mol. The van der Waals surface area contributed by atoms with Crippen LogP contribution in [0.1, 0.15) is 44.5 Å². The Morgan fingerprint density at radius 3 is 2.56 bits per heavy atom. The van der Waals surface area contributed by atoms with Gasteiger partial charge in [0, 0.05) is 17.6 Å². The fourth-order valence-electron chi connectivity index (χ4n) is 2.69. The summed E-state index contributed by atoms with van der Waals surface area (Å²) in [6, 6.07) is 11.8. The Morgan fingerprint density at radius 1 is 1.20 bits per heavy atom. The second-order valence-electron chi connectivity index (χ2n) is 6.81. The Labute approximate surface area is 148 Å². The fourth-order valence-corrected chi connectivity index (χ4v) is 2.69. The van der Waals surface area contributed by atoms with Gasteiger partial charge in [0.05, 0.1) is 22.8 Å². The Morgan fingerprint density at radius 2 is 1.92 bits per heavy atom. The minimum absolute atomic E-state index is 0.0907. The molecule has 0 unspecified atom stereocenters. The van der Waals surface area contributed by atoms with Gasteiger partial charge in [0.25, 0.3) is 5.91 Å². The molecule has 5 heteroatoms. The maximum atomic E-state index is 12.9. The summed E-state index contributed by atoms with van der Waals surface area (Å²) in [4.78, 5) is 17.7. The van der Waals surface area contributed by atoms with Gasteiger partial charge >= 0.3 is 0 Å². The molecule has 0 aliphatic rings. The van der Waals surface area contributed by atoms with Gasteiger partial charge in [-0.15, -0.1) is 0 Å². The van der Waals surface area contributed by atoms with Crippen LogP contribution in [0.4, 0.5) is 0 Å². The molecule has 0 atom stereocenters. The van der Waals surface area contributed by atoms with Crippen LogP contribution in [0.2, 0.25) is 0 Å². The van der Waals surface area contributed by atoms with E-state index in [1.807, 2.05) is 61.9 Å². The topological polar surface area (TPSA) is 59.8 Å². The number of nitrogens with zero attached hydrogens (tertiary/aromatic N) is 3. The first-order valence-electron chi connectivity index (χ1n) is 8.69. The van der Waals surface area contributed by atoms with Gasteiger partial charge in [0.15, 0.2) is 5.65 Å². The number of hydrogen-bond donors (Lipinski definition) is 1. The molecule has 0 bridgehead atoms. The fraction of sp³-hybridized carbons (Fsp3) is 0.350. The van der Waals surface area contributed by atoms with Gasteiger partial charge in [-0.25, -0.2) is 9.67 Å². The minimum Gasteiger partial charge on any atom is -0.347 e. The first kappa shape index (κ1) is 17.1. The predicted molar refractivity (Wildman–Crippen MR) is 100 cm³/mol. The zero-order valence-corrected chi connectivity index (χ0v) is 15.2. The lowest BCUT2D eigenvalue weighted by Gasteiger charge is -2.24. The molecule has 1 amide bonds. The van der Waals surface area contributed by atoms with E-state index in [1.54, 1.807) is 6.20 Å². The van der Waals surface area contributed by atoms with Gasteiger partial charge in [-0.2, -0.15) is 5.10 Å². The number of hydrogen-bond acceptors (Lipinski definition) is 3. The number of carbonyl (C=O) groups is 1. The smallest absolute Gasteiger partial charge is 0.252 e. The van der Waals surface area contributed by atoms with Crippen LogP contribution in [0.3, 0.4) is 0 Å². The number of rotatable bonds is 5. The van der Waals surface area contributed by atoms with Crippen LogP contribution in [-0.4, -0.2) is 26.2 Å². The van der Waals surface area contributed by atoms with Crippen molar-refractivity contribution in [1.29, 1.82) is 0 Å². The van der Waals surface area contributed by atoms with Crippen molar-refractivity contribution >= 4 is 16.9 Å². The van der Waals surface area contributed by atoms with Crippen LogP contribution in [0.25, 0.3) is 22.3 Å². The van der Waals surface area contributed by atoms with Crippen molar-refractivity contribution in [3.05, 3.63) is 48.2 Å². The molecule has 25 heavy (non-hydrogen) atoms. The molecule has 0 saturated heterocycles. The summed E-state index contributed by atoms with van der Waals surface area (Å²) >= 11 is 0. The van der Waals surface area contributed by atoms with Gasteiger partial charge in [-0.05, 0) is 33.3 Å². The Hall–Kier alpha value is -2.69. The third-order valence-electron chi connectivity index (χ3n) is 4.56. The highest BCUT2D eigenvalue weighted by Crippen LogP contribution is 2.25. The molecule has 5 nitrogen and oxygen atoms in total. The number of carbonyl (C=O) groups excluding carboxylic acids is 1. The molecule has 0 fully saturated rings. The van der Waals surface area contributed by atoms with Crippen LogP contribution in [-0.2, 0) is 6.54 Å². The average molecular weight is 336 g/mol. The summed E-state index contributed by atoms with van der Waals surface area (Å²) < 4.78 is 1.82. The van der Waals surface area contributed by atoms with Gasteiger partial charge in [-0.1, -0.05) is 37.3 Å². The van der Waals surface area contributed by atoms with Gasteiger partial charge < -0.3 is 5.32 Å². The van der Waals surface area contributed by atoms with Crippen LogP contribution < -0.4 is 5.32 Å². The number of aryl methyl sites for hydroxylation is 1. The second kappa shape index (κ2) is 6.67. The van der Waals surface area contributed by atoms with E-state index < -0.39 is 0 Å². The number of pyridine rings is 1. The number of nitrogens with one attached hydrogen (secondary N) is 1. The minimum atomic E-state index is -0.264. The number of fused-ring (bicyclic) bond motifs is 1. The van der Waals surface area contributed by atoms with Crippen molar-refractivity contribution in [2.45, 2.75) is 46.2 Å². The Balaban J connectivity index is 2.16. The van der Waals surface area contributed by atoms with Crippen LogP contribution in [0, 0.1) is 0 Å². The van der Waals surface area contributed by atoms with Gasteiger partial charge in [0.1, 0.15) is 0 Å². The number of amides is 1. The molecule has 0 spiro atoms. The van der Waals surface area contributed by atoms with Crippen LogP contribution >= 0.6 is 0 Å². The molecule has 0 aliphatic heterocycles. The maximum Gasteiger partial charge on any atom is 0.252 e. The van der Waals surface area contributed by atoms with E-state index in [9.17, 15) is 4.79 Å². The zero-order chi connectivity index (χ0) is 18.0. The predicted octanol–water partition coefficient (Wildman–Crippen LogP) is 4.04.